The van der Waals surface area contributed by atoms with Gasteiger partial charge in [-0.2, -0.15) is 0 Å². The summed E-state index contributed by atoms with van der Waals surface area (Å²) in [5.41, 5.74) is 0.945. The standard InChI is InChI=1S/C15H20N4O2/c1-21-14-4-12(2-3-13(14)20)5-16-15-6-17-9-18(7-15)11-19(8-15)10-17/h2-5,20H,6-11H2,1H3. The van der Waals surface area contributed by atoms with Crippen LogP contribution >= 0.6 is 0 Å². The van der Waals surface area contributed by atoms with Gasteiger partial charge < -0.3 is 9.84 Å². The van der Waals surface area contributed by atoms with E-state index in [1.165, 1.54) is 0 Å². The first-order valence-corrected chi connectivity index (χ1v) is 7.25. The Labute approximate surface area is 124 Å². The van der Waals surface area contributed by atoms with E-state index in [1.54, 1.807) is 13.2 Å². The van der Waals surface area contributed by atoms with Crippen LogP contribution in [-0.4, -0.2) is 78.3 Å². The van der Waals surface area contributed by atoms with Crippen molar-refractivity contribution in [3.05, 3.63) is 23.8 Å². The third-order valence-corrected chi connectivity index (χ3v) is 4.45. The molecular weight excluding hydrogens is 268 g/mol. The predicted molar refractivity (Wildman–Crippen MR) is 79.7 cm³/mol. The molecule has 6 nitrogen and oxygen atoms in total. The molecular formula is C15H20N4O2. The molecule has 4 aliphatic rings. The van der Waals surface area contributed by atoms with Gasteiger partial charge in [-0.15, -0.1) is 0 Å². The minimum atomic E-state index is -0.0140. The average molecular weight is 288 g/mol. The second kappa shape index (κ2) is 4.69. The number of aliphatic imine (C=N–C) groups is 1. The number of benzene rings is 1. The Balaban J connectivity index is 1.58. The lowest BCUT2D eigenvalue weighted by atomic mass is 9.91. The first-order chi connectivity index (χ1) is 10.2. The number of phenolic OH excluding ortho intramolecular Hbond substituents is 1. The third-order valence-electron chi connectivity index (χ3n) is 4.45. The number of ether oxygens (including phenoxy) is 1. The molecule has 0 amide bonds. The maximum Gasteiger partial charge on any atom is 0.161 e. The average Bonchev–Trinajstić information content (AvgIpc) is 2.45. The molecule has 1 aromatic rings. The Morgan fingerprint density at radius 2 is 1.76 bits per heavy atom. The van der Waals surface area contributed by atoms with E-state index >= 15 is 0 Å². The molecule has 0 unspecified atom stereocenters. The van der Waals surface area contributed by atoms with E-state index in [4.69, 9.17) is 9.73 Å². The second-order valence-electron chi connectivity index (χ2n) is 6.32. The zero-order valence-electron chi connectivity index (χ0n) is 12.2. The lowest BCUT2D eigenvalue weighted by molar-refractivity contribution is -0.139. The maximum atomic E-state index is 9.64. The largest absolute Gasteiger partial charge is 0.504 e. The molecule has 0 radical (unpaired) electrons. The van der Waals surface area contributed by atoms with Gasteiger partial charge in [-0.25, -0.2) is 0 Å². The van der Waals surface area contributed by atoms with Gasteiger partial charge in [0.1, 0.15) is 0 Å². The van der Waals surface area contributed by atoms with Crippen LogP contribution in [0.4, 0.5) is 0 Å². The Hall–Kier alpha value is -1.63. The van der Waals surface area contributed by atoms with Gasteiger partial charge in [-0.3, -0.25) is 19.7 Å². The van der Waals surface area contributed by atoms with Crippen LogP contribution in [0.15, 0.2) is 23.2 Å². The van der Waals surface area contributed by atoms with Crippen LogP contribution in [-0.2, 0) is 0 Å². The van der Waals surface area contributed by atoms with Gasteiger partial charge in [0.2, 0.25) is 0 Å². The Kier molecular flexibility index (Phi) is 2.92. The number of phenols is 1. The molecule has 112 valence electrons. The third kappa shape index (κ3) is 2.29. The van der Waals surface area contributed by atoms with E-state index in [0.29, 0.717) is 5.75 Å². The number of hydrogen-bond acceptors (Lipinski definition) is 6. The fourth-order valence-corrected chi connectivity index (χ4v) is 3.79. The summed E-state index contributed by atoms with van der Waals surface area (Å²) in [6, 6.07) is 5.33. The van der Waals surface area contributed by atoms with Gasteiger partial charge >= 0.3 is 0 Å². The lowest BCUT2D eigenvalue weighted by Crippen LogP contribution is -2.75. The molecule has 0 saturated carbocycles. The highest BCUT2D eigenvalue weighted by Gasteiger charge is 2.48. The van der Waals surface area contributed by atoms with Crippen molar-refractivity contribution in [3.63, 3.8) is 0 Å². The zero-order valence-corrected chi connectivity index (χ0v) is 12.2. The van der Waals surface area contributed by atoms with Crippen molar-refractivity contribution in [1.29, 1.82) is 0 Å². The Bertz CT molecular complexity index is 552. The molecule has 1 N–H and O–H groups in total. The Morgan fingerprint density at radius 1 is 1.14 bits per heavy atom. The zero-order chi connectivity index (χ0) is 14.4. The summed E-state index contributed by atoms with van der Waals surface area (Å²) in [5.74, 6) is 0.647. The van der Waals surface area contributed by atoms with Gasteiger partial charge in [-0.1, -0.05) is 0 Å². The van der Waals surface area contributed by atoms with E-state index < -0.39 is 0 Å². The summed E-state index contributed by atoms with van der Waals surface area (Å²) >= 11 is 0. The molecule has 0 atom stereocenters. The van der Waals surface area contributed by atoms with Crippen LogP contribution in [0, 0.1) is 0 Å². The van der Waals surface area contributed by atoms with Crippen molar-refractivity contribution in [2.24, 2.45) is 4.99 Å². The molecule has 4 heterocycles. The highest BCUT2D eigenvalue weighted by Crippen LogP contribution is 2.32. The van der Waals surface area contributed by atoms with Crippen LogP contribution in [0.1, 0.15) is 5.56 Å². The number of nitrogens with zero attached hydrogens (tertiary/aromatic N) is 4. The molecule has 6 heteroatoms. The van der Waals surface area contributed by atoms with Crippen LogP contribution < -0.4 is 4.74 Å². The van der Waals surface area contributed by atoms with E-state index in [0.717, 1.165) is 45.2 Å². The second-order valence-corrected chi connectivity index (χ2v) is 6.32. The summed E-state index contributed by atoms with van der Waals surface area (Å²) in [6.45, 7) is 6.31. The number of methoxy groups -OCH3 is 1. The molecule has 0 aromatic heterocycles. The molecule has 1 aromatic carbocycles. The SMILES string of the molecule is COc1cc(C=NC23CN4CN(CN(C4)C2)C3)ccc1O. The molecule has 5 rings (SSSR count). The summed E-state index contributed by atoms with van der Waals surface area (Å²) < 4.78 is 5.14. The molecule has 4 fully saturated rings. The number of rotatable bonds is 3. The first-order valence-electron chi connectivity index (χ1n) is 7.25. The fourth-order valence-electron chi connectivity index (χ4n) is 3.79. The minimum absolute atomic E-state index is 0.0140. The molecule has 21 heavy (non-hydrogen) atoms. The van der Waals surface area contributed by atoms with Crippen LogP contribution in [0.5, 0.6) is 11.5 Å². The number of aromatic hydroxyl groups is 1. The van der Waals surface area contributed by atoms with Crippen LogP contribution in [0.3, 0.4) is 0 Å². The minimum Gasteiger partial charge on any atom is -0.504 e. The summed E-state index contributed by atoms with van der Waals surface area (Å²) in [7, 11) is 1.56. The topological polar surface area (TPSA) is 51.5 Å². The summed E-state index contributed by atoms with van der Waals surface area (Å²) in [4.78, 5) is 12.3. The molecule has 4 saturated heterocycles. The van der Waals surface area contributed by atoms with E-state index in [-0.39, 0.29) is 11.3 Å². The maximum absolute atomic E-state index is 9.64. The van der Waals surface area contributed by atoms with E-state index in [2.05, 4.69) is 14.7 Å². The summed E-state index contributed by atoms with van der Waals surface area (Å²) in [5, 5.41) is 9.64. The van der Waals surface area contributed by atoms with Gasteiger partial charge in [-0.05, 0) is 23.8 Å². The van der Waals surface area contributed by atoms with Crippen molar-refractivity contribution >= 4 is 6.21 Å². The molecule has 0 spiro atoms. The predicted octanol–water partition coefficient (Wildman–Crippen LogP) is 0.378. The van der Waals surface area contributed by atoms with Crippen LogP contribution in [0.2, 0.25) is 0 Å². The normalized spacial score (nSPS) is 37.3. The highest BCUT2D eigenvalue weighted by molar-refractivity contribution is 5.81. The van der Waals surface area contributed by atoms with Crippen molar-refractivity contribution in [3.8, 4) is 11.5 Å². The Morgan fingerprint density at radius 3 is 2.33 bits per heavy atom. The van der Waals surface area contributed by atoms with Gasteiger partial charge in [0.25, 0.3) is 0 Å². The van der Waals surface area contributed by atoms with E-state index in [1.807, 2.05) is 18.3 Å². The smallest absolute Gasteiger partial charge is 0.161 e. The van der Waals surface area contributed by atoms with Crippen molar-refractivity contribution < 1.29 is 9.84 Å². The molecule has 0 aliphatic carbocycles. The quantitative estimate of drug-likeness (QED) is 0.815. The van der Waals surface area contributed by atoms with Gasteiger partial charge in [0, 0.05) is 25.8 Å². The van der Waals surface area contributed by atoms with Gasteiger partial charge in [0.15, 0.2) is 11.5 Å². The lowest BCUT2D eigenvalue weighted by Gasteiger charge is -2.59. The van der Waals surface area contributed by atoms with Crippen molar-refractivity contribution in [2.75, 3.05) is 46.8 Å². The van der Waals surface area contributed by atoms with Crippen molar-refractivity contribution in [2.45, 2.75) is 5.54 Å². The molecule has 4 bridgehead atoms. The van der Waals surface area contributed by atoms with Gasteiger partial charge in [0.05, 0.1) is 32.7 Å². The van der Waals surface area contributed by atoms with Crippen molar-refractivity contribution in [1.82, 2.24) is 14.7 Å². The van der Waals surface area contributed by atoms with Crippen LogP contribution in [0.25, 0.3) is 0 Å². The fraction of sp³-hybridized carbons (Fsp3) is 0.533. The number of hydrogen-bond donors (Lipinski definition) is 1. The first kappa shape index (κ1) is 13.1. The highest BCUT2D eigenvalue weighted by atomic mass is 16.5. The summed E-state index contributed by atoms with van der Waals surface area (Å²) in [6.07, 6.45) is 1.92. The monoisotopic (exact) mass is 288 g/mol. The molecule has 4 aliphatic heterocycles. The van der Waals surface area contributed by atoms with E-state index in [9.17, 15) is 5.11 Å².